The average Bonchev–Trinajstić information content (AvgIpc) is 3.86. The molecule has 0 bridgehead atoms. The summed E-state index contributed by atoms with van der Waals surface area (Å²) in [5, 5.41) is 2.34. The summed E-state index contributed by atoms with van der Waals surface area (Å²) in [6, 6.07) is 58.6. The quantitative estimate of drug-likeness (QED) is 0.178. The highest BCUT2D eigenvalue weighted by Crippen LogP contribution is 2.60. The Labute approximate surface area is 343 Å². The first kappa shape index (κ1) is 33.9. The monoisotopic (exact) mass is 762 g/mol. The van der Waals surface area contributed by atoms with Crippen LogP contribution in [0.25, 0.3) is 87.5 Å². The van der Waals surface area contributed by atoms with E-state index < -0.39 is 0 Å². The van der Waals surface area contributed by atoms with Gasteiger partial charge in [0.2, 0.25) is 0 Å². The molecule has 1 spiro atoms. The SMILES string of the molecule is CC1(C)c2ccccc2-c2cc3c(cc21)-c1cc(-c2cccc(-c4ccc(-c5nc(-c6ccccc6)c6c(n5)sc5ccccc56)cc4)c2)ccc1C31CCCCC1. The number of fused-ring (bicyclic) bond motifs is 11. The number of aromatic nitrogens is 2. The van der Waals surface area contributed by atoms with Crippen molar-refractivity contribution in [3.63, 3.8) is 0 Å². The maximum Gasteiger partial charge on any atom is 0.161 e. The molecule has 0 N–H and O–H groups in total. The Morgan fingerprint density at radius 2 is 1.09 bits per heavy atom. The number of rotatable bonds is 4. The molecule has 0 unspecified atom stereocenters. The summed E-state index contributed by atoms with van der Waals surface area (Å²) >= 11 is 1.74. The molecule has 0 aliphatic heterocycles. The van der Waals surface area contributed by atoms with E-state index in [1.54, 1.807) is 22.5 Å². The molecule has 12 rings (SSSR count). The van der Waals surface area contributed by atoms with Crippen LogP contribution in [0.2, 0.25) is 0 Å². The number of nitrogens with zero attached hydrogens (tertiary/aromatic N) is 2. The molecule has 0 saturated heterocycles. The van der Waals surface area contributed by atoms with Gasteiger partial charge in [-0.25, -0.2) is 9.97 Å². The molecule has 2 aromatic heterocycles. The Morgan fingerprint density at radius 1 is 0.448 bits per heavy atom. The molecule has 0 atom stereocenters. The first-order valence-corrected chi connectivity index (χ1v) is 21.7. The number of hydrogen-bond donors (Lipinski definition) is 0. The minimum Gasteiger partial charge on any atom is -0.227 e. The van der Waals surface area contributed by atoms with Gasteiger partial charge >= 0.3 is 0 Å². The van der Waals surface area contributed by atoms with Crippen LogP contribution in [-0.2, 0) is 10.8 Å². The Morgan fingerprint density at radius 3 is 1.93 bits per heavy atom. The molecule has 278 valence electrons. The summed E-state index contributed by atoms with van der Waals surface area (Å²) in [4.78, 5) is 11.4. The van der Waals surface area contributed by atoms with Crippen LogP contribution in [0.1, 0.15) is 68.2 Å². The fraction of sp³-hybridized carbons (Fsp3) is 0.164. The van der Waals surface area contributed by atoms with Crippen LogP contribution in [0, 0.1) is 0 Å². The third-order valence-electron chi connectivity index (χ3n) is 13.7. The third kappa shape index (κ3) is 4.96. The highest BCUT2D eigenvalue weighted by atomic mass is 32.1. The van der Waals surface area contributed by atoms with Crippen LogP contribution in [0.4, 0.5) is 0 Å². The van der Waals surface area contributed by atoms with Gasteiger partial charge in [-0.1, -0.05) is 161 Å². The zero-order valence-corrected chi connectivity index (χ0v) is 33.7. The lowest BCUT2D eigenvalue weighted by molar-refractivity contribution is 0.353. The standard InChI is InChI=1S/C55H42N2S/c1-54(2)45-20-9-7-18-40(45)43-33-48-44(32-47(43)54)42-31-39(26-27-46(42)55(48)28-11-4-12-29-55)38-17-13-16-37(30-38)34-22-24-36(25-23-34)52-56-51(35-14-5-3-6-15-35)50-41-19-8-10-21-49(41)58-53(50)57-52/h3,5-10,13-27,30-33H,4,11-12,28-29H2,1-2H3. The van der Waals surface area contributed by atoms with Crippen molar-refractivity contribution < 1.29 is 0 Å². The molecule has 0 radical (unpaired) electrons. The molecule has 1 fully saturated rings. The van der Waals surface area contributed by atoms with E-state index in [0.717, 1.165) is 32.9 Å². The molecule has 1 saturated carbocycles. The van der Waals surface area contributed by atoms with E-state index in [1.165, 1.54) is 97.8 Å². The van der Waals surface area contributed by atoms with Crippen molar-refractivity contribution in [2.75, 3.05) is 0 Å². The molecular formula is C55H42N2S. The van der Waals surface area contributed by atoms with Crippen molar-refractivity contribution in [3.05, 3.63) is 180 Å². The van der Waals surface area contributed by atoms with E-state index >= 15 is 0 Å². The van der Waals surface area contributed by atoms with Crippen molar-refractivity contribution >= 4 is 31.6 Å². The van der Waals surface area contributed by atoms with Gasteiger partial charge in [-0.05, 0) is 110 Å². The maximum absolute atomic E-state index is 5.23. The van der Waals surface area contributed by atoms with E-state index in [4.69, 9.17) is 9.97 Å². The largest absolute Gasteiger partial charge is 0.227 e. The highest BCUT2D eigenvalue weighted by Gasteiger charge is 2.46. The fourth-order valence-corrected chi connectivity index (χ4v) is 11.9. The number of benzene rings is 7. The third-order valence-corrected chi connectivity index (χ3v) is 14.8. The Kier molecular flexibility index (Phi) is 7.41. The second-order valence-electron chi connectivity index (χ2n) is 17.2. The molecule has 2 heterocycles. The average molecular weight is 763 g/mol. The molecule has 9 aromatic rings. The lowest BCUT2D eigenvalue weighted by Crippen LogP contribution is -2.28. The van der Waals surface area contributed by atoms with Gasteiger partial charge < -0.3 is 0 Å². The number of thiophene rings is 1. The molecule has 3 heteroatoms. The van der Waals surface area contributed by atoms with Crippen molar-refractivity contribution in [3.8, 4) is 67.2 Å². The lowest BCUT2D eigenvalue weighted by Gasteiger charge is -2.36. The van der Waals surface area contributed by atoms with Crippen molar-refractivity contribution in [1.82, 2.24) is 9.97 Å². The van der Waals surface area contributed by atoms with Crippen LogP contribution < -0.4 is 0 Å². The molecule has 58 heavy (non-hydrogen) atoms. The Balaban J connectivity index is 0.919. The van der Waals surface area contributed by atoms with Crippen LogP contribution in [0.15, 0.2) is 158 Å². The van der Waals surface area contributed by atoms with Crippen molar-refractivity contribution in [2.45, 2.75) is 56.8 Å². The topological polar surface area (TPSA) is 25.8 Å². The molecule has 7 aromatic carbocycles. The summed E-state index contributed by atoms with van der Waals surface area (Å²) in [6.07, 6.45) is 6.39. The lowest BCUT2D eigenvalue weighted by atomic mass is 9.67. The van der Waals surface area contributed by atoms with Crippen LogP contribution >= 0.6 is 11.3 Å². The van der Waals surface area contributed by atoms with E-state index in [1.807, 2.05) is 0 Å². The Hall–Kier alpha value is -6.16. The predicted molar refractivity (Wildman–Crippen MR) is 244 cm³/mol. The molecule has 3 aliphatic rings. The first-order chi connectivity index (χ1) is 28.5. The highest BCUT2D eigenvalue weighted by molar-refractivity contribution is 7.25. The van der Waals surface area contributed by atoms with Gasteiger partial charge in [-0.3, -0.25) is 0 Å². The molecular weight excluding hydrogens is 721 g/mol. The van der Waals surface area contributed by atoms with Crippen LogP contribution in [0.5, 0.6) is 0 Å². The van der Waals surface area contributed by atoms with Crippen LogP contribution in [-0.4, -0.2) is 9.97 Å². The first-order valence-electron chi connectivity index (χ1n) is 20.9. The summed E-state index contributed by atoms with van der Waals surface area (Å²) in [5.41, 5.74) is 19.9. The van der Waals surface area contributed by atoms with E-state index in [0.29, 0.717) is 0 Å². The van der Waals surface area contributed by atoms with Gasteiger partial charge in [0.1, 0.15) is 4.83 Å². The summed E-state index contributed by atoms with van der Waals surface area (Å²) in [7, 11) is 0. The van der Waals surface area contributed by atoms with Crippen molar-refractivity contribution in [2.24, 2.45) is 0 Å². The molecule has 2 nitrogen and oxygen atoms in total. The van der Waals surface area contributed by atoms with Gasteiger partial charge in [-0.2, -0.15) is 0 Å². The predicted octanol–water partition coefficient (Wildman–Crippen LogP) is 15.0. The van der Waals surface area contributed by atoms with Gasteiger partial charge in [-0.15, -0.1) is 11.3 Å². The summed E-state index contributed by atoms with van der Waals surface area (Å²) in [6.45, 7) is 4.81. The minimum atomic E-state index is -0.0212. The smallest absolute Gasteiger partial charge is 0.161 e. The second kappa shape index (κ2) is 12.7. The van der Waals surface area contributed by atoms with E-state index in [9.17, 15) is 0 Å². The Bertz CT molecular complexity index is 3110. The van der Waals surface area contributed by atoms with Gasteiger partial charge in [0, 0.05) is 37.4 Å². The zero-order chi connectivity index (χ0) is 38.6. The normalized spacial score (nSPS) is 15.7. The van der Waals surface area contributed by atoms with Gasteiger partial charge in [0.05, 0.1) is 5.69 Å². The molecule has 0 amide bonds. The zero-order valence-electron chi connectivity index (χ0n) is 32.8. The summed E-state index contributed by atoms with van der Waals surface area (Å²) in [5.74, 6) is 0.755. The van der Waals surface area contributed by atoms with Crippen molar-refractivity contribution in [1.29, 1.82) is 0 Å². The van der Waals surface area contributed by atoms with Crippen LogP contribution in [0.3, 0.4) is 0 Å². The second-order valence-corrected chi connectivity index (χ2v) is 18.2. The van der Waals surface area contributed by atoms with Gasteiger partial charge in [0.15, 0.2) is 5.82 Å². The minimum absolute atomic E-state index is 0.0212. The fourth-order valence-electron chi connectivity index (χ4n) is 10.8. The number of hydrogen-bond acceptors (Lipinski definition) is 3. The van der Waals surface area contributed by atoms with E-state index in [-0.39, 0.29) is 10.8 Å². The summed E-state index contributed by atoms with van der Waals surface area (Å²) < 4.78 is 1.23. The maximum atomic E-state index is 5.23. The van der Waals surface area contributed by atoms with E-state index in [2.05, 4.69) is 172 Å². The van der Waals surface area contributed by atoms with Gasteiger partial charge in [0.25, 0.3) is 0 Å². The molecule has 3 aliphatic carbocycles.